The molecule has 0 radical (unpaired) electrons. The first-order valence-corrected chi connectivity index (χ1v) is 9.10. The van der Waals surface area contributed by atoms with Gasteiger partial charge in [-0.1, -0.05) is 31.5 Å². The molecule has 0 saturated carbocycles. The Morgan fingerprint density at radius 1 is 1.42 bits per heavy atom. The highest BCUT2D eigenvalue weighted by Gasteiger charge is 2.29. The number of piperidine rings is 1. The predicted octanol–water partition coefficient (Wildman–Crippen LogP) is 1.73. The first-order valence-electron chi connectivity index (χ1n) is 9.10. The summed E-state index contributed by atoms with van der Waals surface area (Å²) in [5, 5.41) is 13.2. The van der Waals surface area contributed by atoms with E-state index in [2.05, 4.69) is 16.3 Å². The zero-order chi connectivity index (χ0) is 16.9. The number of rotatable bonds is 6. The minimum absolute atomic E-state index is 0.0183. The average molecular weight is 332 g/mol. The number of para-hydroxylation sites is 1. The second-order valence-electron chi connectivity index (χ2n) is 6.86. The van der Waals surface area contributed by atoms with Gasteiger partial charge < -0.3 is 15.2 Å². The molecular weight excluding hydrogens is 304 g/mol. The predicted molar refractivity (Wildman–Crippen MR) is 93.1 cm³/mol. The Labute approximate surface area is 144 Å². The Morgan fingerprint density at radius 2 is 2.25 bits per heavy atom. The van der Waals surface area contributed by atoms with Gasteiger partial charge in [0.2, 0.25) is 5.91 Å². The van der Waals surface area contributed by atoms with Crippen LogP contribution in [0.2, 0.25) is 0 Å². The highest BCUT2D eigenvalue weighted by atomic mass is 16.5. The molecule has 2 aliphatic rings. The molecule has 1 saturated heterocycles. The molecule has 0 spiro atoms. The van der Waals surface area contributed by atoms with Gasteiger partial charge >= 0.3 is 0 Å². The van der Waals surface area contributed by atoms with Crippen molar-refractivity contribution < 1.29 is 14.6 Å². The second kappa shape index (κ2) is 7.99. The van der Waals surface area contributed by atoms with Crippen molar-refractivity contribution in [2.75, 3.05) is 19.6 Å². The molecule has 1 aromatic carbocycles. The van der Waals surface area contributed by atoms with Crippen molar-refractivity contribution in [1.82, 2.24) is 10.2 Å². The lowest BCUT2D eigenvalue weighted by molar-refractivity contribution is -0.124. The molecule has 1 fully saturated rings. The summed E-state index contributed by atoms with van der Waals surface area (Å²) in [7, 11) is 0. The number of aliphatic hydroxyl groups is 1. The van der Waals surface area contributed by atoms with E-state index in [1.165, 1.54) is 5.56 Å². The van der Waals surface area contributed by atoms with Crippen molar-refractivity contribution >= 4 is 5.91 Å². The van der Waals surface area contributed by atoms with Crippen molar-refractivity contribution in [3.05, 3.63) is 29.8 Å². The zero-order valence-corrected chi connectivity index (χ0v) is 14.4. The molecule has 1 amide bonds. The van der Waals surface area contributed by atoms with Crippen LogP contribution in [-0.4, -0.2) is 53.8 Å². The summed E-state index contributed by atoms with van der Waals surface area (Å²) in [4.78, 5) is 14.4. The van der Waals surface area contributed by atoms with Gasteiger partial charge in [-0.2, -0.15) is 0 Å². The lowest BCUT2D eigenvalue weighted by Gasteiger charge is -2.37. The Kier molecular flexibility index (Phi) is 5.74. The highest BCUT2D eigenvalue weighted by molar-refractivity contribution is 5.78. The number of amides is 1. The van der Waals surface area contributed by atoms with Crippen LogP contribution in [0, 0.1) is 0 Å². The Balaban J connectivity index is 1.46. The van der Waals surface area contributed by atoms with E-state index in [1.54, 1.807) is 0 Å². The van der Waals surface area contributed by atoms with Gasteiger partial charge in [-0.15, -0.1) is 0 Å². The van der Waals surface area contributed by atoms with Gasteiger partial charge in [-0.25, -0.2) is 0 Å². The van der Waals surface area contributed by atoms with Gasteiger partial charge in [0, 0.05) is 12.5 Å². The lowest BCUT2D eigenvalue weighted by Crippen LogP contribution is -2.51. The number of carbonyl (C=O) groups is 1. The molecule has 3 unspecified atom stereocenters. The molecule has 5 nitrogen and oxygen atoms in total. The van der Waals surface area contributed by atoms with Gasteiger partial charge in [0.1, 0.15) is 11.9 Å². The van der Waals surface area contributed by atoms with Crippen LogP contribution in [0.15, 0.2) is 24.3 Å². The molecule has 3 rings (SSSR count). The zero-order valence-electron chi connectivity index (χ0n) is 14.4. The summed E-state index contributed by atoms with van der Waals surface area (Å²) in [6, 6.07) is 8.14. The molecule has 3 atom stereocenters. The Morgan fingerprint density at radius 3 is 3.04 bits per heavy atom. The van der Waals surface area contributed by atoms with Gasteiger partial charge in [0.05, 0.1) is 19.2 Å². The molecule has 5 heteroatoms. The van der Waals surface area contributed by atoms with Crippen molar-refractivity contribution in [2.24, 2.45) is 0 Å². The van der Waals surface area contributed by atoms with E-state index in [0.717, 1.165) is 44.4 Å². The summed E-state index contributed by atoms with van der Waals surface area (Å²) >= 11 is 0. The van der Waals surface area contributed by atoms with Crippen LogP contribution in [0.4, 0.5) is 0 Å². The van der Waals surface area contributed by atoms with Crippen LogP contribution in [0.3, 0.4) is 0 Å². The van der Waals surface area contributed by atoms with Gasteiger partial charge in [0.25, 0.3) is 0 Å². The maximum atomic E-state index is 12.3. The van der Waals surface area contributed by atoms with E-state index in [1.807, 2.05) is 25.1 Å². The van der Waals surface area contributed by atoms with E-state index in [0.29, 0.717) is 13.1 Å². The molecule has 1 aromatic rings. The van der Waals surface area contributed by atoms with Crippen molar-refractivity contribution in [3.8, 4) is 5.75 Å². The summed E-state index contributed by atoms with van der Waals surface area (Å²) in [5.74, 6) is 0.948. The van der Waals surface area contributed by atoms with E-state index in [9.17, 15) is 9.90 Å². The van der Waals surface area contributed by atoms with Gasteiger partial charge in [-0.3, -0.25) is 9.69 Å². The SMILES string of the molecule is CCC(O)C1CCCCN1CC(=O)NCC1Cc2ccccc2O1. The minimum Gasteiger partial charge on any atom is -0.488 e. The number of benzene rings is 1. The summed E-state index contributed by atoms with van der Waals surface area (Å²) in [5.41, 5.74) is 1.21. The van der Waals surface area contributed by atoms with E-state index < -0.39 is 0 Å². The molecule has 24 heavy (non-hydrogen) atoms. The van der Waals surface area contributed by atoms with Gasteiger partial charge in [-0.05, 0) is 37.4 Å². The van der Waals surface area contributed by atoms with E-state index in [-0.39, 0.29) is 24.2 Å². The van der Waals surface area contributed by atoms with E-state index in [4.69, 9.17) is 4.74 Å². The van der Waals surface area contributed by atoms with Crippen LogP contribution in [0.1, 0.15) is 38.2 Å². The maximum Gasteiger partial charge on any atom is 0.234 e. The fraction of sp³-hybridized carbons (Fsp3) is 0.632. The molecule has 2 heterocycles. The van der Waals surface area contributed by atoms with Crippen molar-refractivity contribution in [3.63, 3.8) is 0 Å². The van der Waals surface area contributed by atoms with Crippen molar-refractivity contribution in [1.29, 1.82) is 0 Å². The molecule has 0 aliphatic carbocycles. The van der Waals surface area contributed by atoms with Crippen LogP contribution < -0.4 is 10.1 Å². The Hall–Kier alpha value is -1.59. The fourth-order valence-electron chi connectivity index (χ4n) is 3.76. The summed E-state index contributed by atoms with van der Waals surface area (Å²) in [6.07, 6.45) is 4.46. The quantitative estimate of drug-likeness (QED) is 0.833. The lowest BCUT2D eigenvalue weighted by atomic mass is 9.96. The summed E-state index contributed by atoms with van der Waals surface area (Å²) in [6.45, 7) is 3.77. The third-order valence-corrected chi connectivity index (χ3v) is 5.11. The molecular formula is C19H28N2O3. The third kappa shape index (κ3) is 4.08. The average Bonchev–Trinajstić information content (AvgIpc) is 3.03. The molecule has 2 aliphatic heterocycles. The number of hydrogen-bond donors (Lipinski definition) is 2. The first kappa shape index (κ1) is 17.2. The normalized spacial score (nSPS) is 24.9. The minimum atomic E-state index is -0.342. The summed E-state index contributed by atoms with van der Waals surface area (Å²) < 4.78 is 5.86. The monoisotopic (exact) mass is 332 g/mol. The first-order chi connectivity index (χ1) is 11.7. The maximum absolute atomic E-state index is 12.3. The number of carbonyl (C=O) groups excluding carboxylic acids is 1. The molecule has 0 bridgehead atoms. The number of aliphatic hydroxyl groups excluding tert-OH is 1. The van der Waals surface area contributed by atoms with Crippen LogP contribution >= 0.6 is 0 Å². The number of ether oxygens (including phenoxy) is 1. The second-order valence-corrected chi connectivity index (χ2v) is 6.86. The largest absolute Gasteiger partial charge is 0.488 e. The third-order valence-electron chi connectivity index (χ3n) is 5.11. The Bertz CT molecular complexity index is 538. The number of likely N-dealkylation sites (tertiary alicyclic amines) is 1. The van der Waals surface area contributed by atoms with E-state index >= 15 is 0 Å². The topological polar surface area (TPSA) is 61.8 Å². The smallest absolute Gasteiger partial charge is 0.234 e. The molecule has 2 N–H and O–H groups in total. The van der Waals surface area contributed by atoms with Crippen LogP contribution in [-0.2, 0) is 11.2 Å². The molecule has 132 valence electrons. The number of nitrogens with zero attached hydrogens (tertiary/aromatic N) is 1. The number of nitrogens with one attached hydrogen (secondary N) is 1. The standard InChI is InChI=1S/C19H28N2O3/c1-2-17(22)16-8-5-6-10-21(16)13-19(23)20-12-15-11-14-7-3-4-9-18(14)24-15/h3-4,7,9,15-17,22H,2,5-6,8,10-13H2,1H3,(H,20,23). The number of hydrogen-bond acceptors (Lipinski definition) is 4. The van der Waals surface area contributed by atoms with Crippen LogP contribution in [0.5, 0.6) is 5.75 Å². The van der Waals surface area contributed by atoms with Gasteiger partial charge in [0.15, 0.2) is 0 Å². The fourth-order valence-corrected chi connectivity index (χ4v) is 3.76. The van der Waals surface area contributed by atoms with Crippen LogP contribution in [0.25, 0.3) is 0 Å². The highest BCUT2D eigenvalue weighted by Crippen LogP contribution is 2.27. The van der Waals surface area contributed by atoms with Crippen molar-refractivity contribution in [2.45, 2.75) is 57.3 Å². The number of fused-ring (bicyclic) bond motifs is 1. The molecule has 0 aromatic heterocycles.